The molecule has 2 nitrogen and oxygen atoms in total. The summed E-state index contributed by atoms with van der Waals surface area (Å²) in [5, 5.41) is 4.36. The molecule has 4 heteroatoms. The topological polar surface area (TPSA) is 15.3 Å². The van der Waals surface area contributed by atoms with Gasteiger partial charge in [-0.15, -0.1) is 0 Å². The highest BCUT2D eigenvalue weighted by molar-refractivity contribution is 9.10. The summed E-state index contributed by atoms with van der Waals surface area (Å²) >= 11 is 9.51. The second-order valence-corrected chi connectivity index (χ2v) is 6.51. The van der Waals surface area contributed by atoms with Gasteiger partial charge in [0.05, 0.1) is 0 Å². The van der Waals surface area contributed by atoms with Crippen molar-refractivity contribution in [3.8, 4) is 0 Å². The summed E-state index contributed by atoms with van der Waals surface area (Å²) in [4.78, 5) is 2.42. The quantitative estimate of drug-likeness (QED) is 0.891. The molecule has 1 aromatic rings. The molecule has 0 aliphatic carbocycles. The number of rotatable bonds is 3. The lowest BCUT2D eigenvalue weighted by Crippen LogP contribution is -2.39. The lowest BCUT2D eigenvalue weighted by atomic mass is 9.92. The highest BCUT2D eigenvalue weighted by atomic mass is 79.9. The van der Waals surface area contributed by atoms with E-state index in [-0.39, 0.29) is 0 Å². The van der Waals surface area contributed by atoms with Crippen LogP contribution in [0.1, 0.15) is 19.8 Å². The van der Waals surface area contributed by atoms with Crippen LogP contribution < -0.4 is 5.32 Å². The van der Waals surface area contributed by atoms with E-state index in [1.165, 1.54) is 25.9 Å². The third-order valence-corrected chi connectivity index (χ3v) is 4.57. The van der Waals surface area contributed by atoms with Crippen LogP contribution in [0.4, 0.5) is 5.69 Å². The Morgan fingerprint density at radius 1 is 1.50 bits per heavy atom. The summed E-state index contributed by atoms with van der Waals surface area (Å²) in [6, 6.07) is 6.37. The van der Waals surface area contributed by atoms with E-state index >= 15 is 0 Å². The maximum atomic E-state index is 5.96. The highest BCUT2D eigenvalue weighted by Crippen LogP contribution is 2.28. The standard InChI is InChI=1S/C14H20BrClN2/c1-10(11-4-3-7-18(2)9-11)17-14-6-5-12(16)8-13(14)15/h5-6,8,10-11,17H,3-4,7,9H2,1-2H3. The fraction of sp³-hybridized carbons (Fsp3) is 0.571. The summed E-state index contributed by atoms with van der Waals surface area (Å²) in [5.74, 6) is 0.714. The molecule has 0 spiro atoms. The second kappa shape index (κ2) is 6.27. The smallest absolute Gasteiger partial charge is 0.0487 e. The zero-order chi connectivity index (χ0) is 13.1. The number of nitrogens with zero attached hydrogens (tertiary/aromatic N) is 1. The third-order valence-electron chi connectivity index (χ3n) is 3.68. The van der Waals surface area contributed by atoms with Crippen molar-refractivity contribution in [2.24, 2.45) is 5.92 Å². The second-order valence-electron chi connectivity index (χ2n) is 5.22. The summed E-state index contributed by atoms with van der Waals surface area (Å²) in [6.45, 7) is 4.68. The van der Waals surface area contributed by atoms with Crippen LogP contribution in [0.15, 0.2) is 22.7 Å². The molecular formula is C14H20BrClN2. The van der Waals surface area contributed by atoms with Crippen LogP contribution in [-0.2, 0) is 0 Å². The first kappa shape index (κ1) is 14.2. The zero-order valence-electron chi connectivity index (χ0n) is 10.9. The number of nitrogens with one attached hydrogen (secondary N) is 1. The van der Waals surface area contributed by atoms with Crippen molar-refractivity contribution < 1.29 is 0 Å². The van der Waals surface area contributed by atoms with Crippen molar-refractivity contribution >= 4 is 33.2 Å². The van der Waals surface area contributed by atoms with Crippen LogP contribution in [0.3, 0.4) is 0 Å². The van der Waals surface area contributed by atoms with Gasteiger partial charge in [0.15, 0.2) is 0 Å². The van der Waals surface area contributed by atoms with Gasteiger partial charge in [-0.3, -0.25) is 0 Å². The van der Waals surface area contributed by atoms with E-state index in [0.29, 0.717) is 12.0 Å². The molecule has 1 aliphatic rings. The zero-order valence-corrected chi connectivity index (χ0v) is 13.3. The first-order chi connectivity index (χ1) is 8.56. The molecule has 1 aromatic carbocycles. The Morgan fingerprint density at radius 3 is 2.94 bits per heavy atom. The maximum absolute atomic E-state index is 5.96. The van der Waals surface area contributed by atoms with Gasteiger partial charge in [0, 0.05) is 27.8 Å². The van der Waals surface area contributed by atoms with Crippen LogP contribution in [0.2, 0.25) is 5.02 Å². The van der Waals surface area contributed by atoms with Crippen LogP contribution >= 0.6 is 27.5 Å². The molecule has 0 aromatic heterocycles. The molecule has 0 amide bonds. The molecular weight excluding hydrogens is 312 g/mol. The van der Waals surface area contributed by atoms with Crippen molar-refractivity contribution in [2.45, 2.75) is 25.8 Å². The van der Waals surface area contributed by atoms with Crippen LogP contribution in [0.25, 0.3) is 0 Å². The van der Waals surface area contributed by atoms with Crippen molar-refractivity contribution in [1.82, 2.24) is 4.90 Å². The molecule has 0 bridgehead atoms. The molecule has 2 rings (SSSR count). The summed E-state index contributed by atoms with van der Waals surface area (Å²) < 4.78 is 1.03. The molecule has 1 heterocycles. The Kier molecular flexibility index (Phi) is 4.93. The van der Waals surface area contributed by atoms with E-state index in [0.717, 1.165) is 15.2 Å². The molecule has 2 atom stereocenters. The summed E-state index contributed by atoms with van der Waals surface area (Å²) in [6.07, 6.45) is 2.61. The number of likely N-dealkylation sites (tertiary alicyclic amines) is 1. The largest absolute Gasteiger partial charge is 0.381 e. The molecule has 1 fully saturated rings. The number of hydrogen-bond donors (Lipinski definition) is 1. The van der Waals surface area contributed by atoms with E-state index < -0.39 is 0 Å². The van der Waals surface area contributed by atoms with Crippen molar-refractivity contribution in [3.63, 3.8) is 0 Å². The van der Waals surface area contributed by atoms with Crippen LogP contribution in [-0.4, -0.2) is 31.1 Å². The van der Waals surface area contributed by atoms with Gasteiger partial charge in [0.25, 0.3) is 0 Å². The van der Waals surface area contributed by atoms with Gasteiger partial charge in [-0.1, -0.05) is 11.6 Å². The monoisotopic (exact) mass is 330 g/mol. The highest BCUT2D eigenvalue weighted by Gasteiger charge is 2.22. The van der Waals surface area contributed by atoms with Gasteiger partial charge in [-0.2, -0.15) is 0 Å². The maximum Gasteiger partial charge on any atom is 0.0487 e. The number of hydrogen-bond acceptors (Lipinski definition) is 2. The first-order valence-corrected chi connectivity index (χ1v) is 7.63. The Morgan fingerprint density at radius 2 is 2.28 bits per heavy atom. The first-order valence-electron chi connectivity index (χ1n) is 6.46. The fourth-order valence-electron chi connectivity index (χ4n) is 2.58. The molecule has 1 aliphatic heterocycles. The number of piperidine rings is 1. The molecule has 2 unspecified atom stereocenters. The van der Waals surface area contributed by atoms with E-state index in [2.05, 4.69) is 40.1 Å². The van der Waals surface area contributed by atoms with E-state index in [1.54, 1.807) is 0 Å². The van der Waals surface area contributed by atoms with Crippen LogP contribution in [0, 0.1) is 5.92 Å². The normalized spacial score (nSPS) is 22.8. The van der Waals surface area contributed by atoms with E-state index in [4.69, 9.17) is 11.6 Å². The lowest BCUT2D eigenvalue weighted by Gasteiger charge is -2.34. The minimum Gasteiger partial charge on any atom is -0.381 e. The third kappa shape index (κ3) is 3.62. The number of halogens is 2. The van der Waals surface area contributed by atoms with Crippen molar-refractivity contribution in [3.05, 3.63) is 27.7 Å². The van der Waals surface area contributed by atoms with Crippen LogP contribution in [0.5, 0.6) is 0 Å². The Bertz CT molecular complexity index is 411. The minimum atomic E-state index is 0.477. The fourth-order valence-corrected chi connectivity index (χ4v) is 3.38. The average Bonchev–Trinajstić information content (AvgIpc) is 2.32. The molecule has 0 radical (unpaired) electrons. The van der Waals surface area contributed by atoms with Gasteiger partial charge >= 0.3 is 0 Å². The SMILES string of the molecule is CC(Nc1ccc(Cl)cc1Br)C1CCCN(C)C1. The Balaban J connectivity index is 1.99. The predicted molar refractivity (Wildman–Crippen MR) is 82.5 cm³/mol. The van der Waals surface area contributed by atoms with Gasteiger partial charge in [0.2, 0.25) is 0 Å². The van der Waals surface area contributed by atoms with Crippen molar-refractivity contribution in [2.75, 3.05) is 25.5 Å². The minimum absolute atomic E-state index is 0.477. The Hall–Kier alpha value is -0.250. The van der Waals surface area contributed by atoms with Gasteiger partial charge in [-0.05, 0) is 73.4 Å². The number of benzene rings is 1. The summed E-state index contributed by atoms with van der Waals surface area (Å²) in [7, 11) is 2.21. The predicted octanol–water partition coefficient (Wildman–Crippen LogP) is 4.24. The molecule has 100 valence electrons. The van der Waals surface area contributed by atoms with Gasteiger partial charge < -0.3 is 10.2 Å². The molecule has 18 heavy (non-hydrogen) atoms. The Labute approximate surface area is 123 Å². The molecule has 1 N–H and O–H groups in total. The summed E-state index contributed by atoms with van der Waals surface area (Å²) in [5.41, 5.74) is 1.13. The number of anilines is 1. The van der Waals surface area contributed by atoms with E-state index in [9.17, 15) is 0 Å². The van der Waals surface area contributed by atoms with E-state index in [1.807, 2.05) is 18.2 Å². The van der Waals surface area contributed by atoms with Gasteiger partial charge in [-0.25, -0.2) is 0 Å². The van der Waals surface area contributed by atoms with Gasteiger partial charge in [0.1, 0.15) is 0 Å². The average molecular weight is 332 g/mol. The molecule has 1 saturated heterocycles. The lowest BCUT2D eigenvalue weighted by molar-refractivity contribution is 0.197. The van der Waals surface area contributed by atoms with Crippen molar-refractivity contribution in [1.29, 1.82) is 0 Å². The molecule has 0 saturated carbocycles.